The highest BCUT2D eigenvalue weighted by atomic mass is 32.1. The van der Waals surface area contributed by atoms with Crippen molar-refractivity contribution in [2.45, 2.75) is 33.1 Å². The Morgan fingerprint density at radius 2 is 1.93 bits per heavy atom. The Morgan fingerprint density at radius 3 is 2.71 bits per heavy atom. The minimum absolute atomic E-state index is 0.607. The number of rotatable bonds is 6. The molecule has 1 aliphatic heterocycles. The molecule has 3 aromatic rings. The lowest BCUT2D eigenvalue weighted by Gasteiger charge is -2.28. The maximum absolute atomic E-state index is 5.79. The van der Waals surface area contributed by atoms with Crippen LogP contribution in [0.4, 0.5) is 0 Å². The summed E-state index contributed by atoms with van der Waals surface area (Å²) in [6.07, 6.45) is 1.07. The molecule has 0 saturated heterocycles. The third-order valence-electron chi connectivity index (χ3n) is 5.26. The fourth-order valence-corrected chi connectivity index (χ4v) is 4.06. The first kappa shape index (κ1) is 19.1. The van der Waals surface area contributed by atoms with E-state index in [4.69, 9.17) is 22.1 Å². The summed E-state index contributed by atoms with van der Waals surface area (Å²) in [7, 11) is 1.71. The molecule has 2 aromatic carbocycles. The number of aryl methyl sites for hydroxylation is 1. The van der Waals surface area contributed by atoms with Crippen LogP contribution < -0.4 is 0 Å². The monoisotopic (exact) mass is 394 g/mol. The highest BCUT2D eigenvalue weighted by Crippen LogP contribution is 2.22. The second-order valence-electron chi connectivity index (χ2n) is 7.33. The molecule has 0 fully saturated rings. The van der Waals surface area contributed by atoms with Gasteiger partial charge >= 0.3 is 0 Å². The van der Waals surface area contributed by atoms with E-state index in [0.717, 1.165) is 35.7 Å². The largest absolute Gasteiger partial charge is 0.383 e. The van der Waals surface area contributed by atoms with Crippen molar-refractivity contribution in [1.29, 1.82) is 0 Å². The Labute approximate surface area is 171 Å². The highest BCUT2D eigenvalue weighted by Gasteiger charge is 2.19. The normalized spacial score (nSPS) is 14.2. The van der Waals surface area contributed by atoms with Crippen molar-refractivity contribution in [3.63, 3.8) is 0 Å². The van der Waals surface area contributed by atoms with E-state index in [1.54, 1.807) is 7.11 Å². The number of methoxy groups -OCH3 is 1. The molecule has 0 bridgehead atoms. The van der Waals surface area contributed by atoms with Crippen LogP contribution in [0.1, 0.15) is 16.7 Å². The molecular weight excluding hydrogens is 368 g/mol. The van der Waals surface area contributed by atoms with Crippen molar-refractivity contribution in [2.24, 2.45) is 0 Å². The van der Waals surface area contributed by atoms with Gasteiger partial charge in [0.25, 0.3) is 0 Å². The summed E-state index contributed by atoms with van der Waals surface area (Å²) in [6, 6.07) is 17.1. The van der Waals surface area contributed by atoms with Crippen molar-refractivity contribution in [3.8, 4) is 11.4 Å². The molecule has 0 amide bonds. The number of nitrogens with zero attached hydrogens (tertiary/aromatic N) is 4. The molecule has 6 heteroatoms. The molecule has 1 aromatic heterocycles. The van der Waals surface area contributed by atoms with Crippen LogP contribution in [0.15, 0.2) is 48.5 Å². The minimum Gasteiger partial charge on any atom is -0.383 e. The van der Waals surface area contributed by atoms with Gasteiger partial charge in [0.15, 0.2) is 10.6 Å². The summed E-state index contributed by atoms with van der Waals surface area (Å²) in [5.74, 6) is 0.906. The van der Waals surface area contributed by atoms with Gasteiger partial charge in [0.1, 0.15) is 0 Å². The van der Waals surface area contributed by atoms with Gasteiger partial charge in [-0.3, -0.25) is 9.47 Å². The summed E-state index contributed by atoms with van der Waals surface area (Å²) < 4.78 is 10.1. The van der Waals surface area contributed by atoms with Gasteiger partial charge in [0, 0.05) is 25.8 Å². The van der Waals surface area contributed by atoms with Crippen LogP contribution in [-0.4, -0.2) is 39.5 Å². The predicted molar refractivity (Wildman–Crippen MR) is 114 cm³/mol. The smallest absolute Gasteiger partial charge is 0.199 e. The Bertz CT molecular complexity index is 1020. The summed E-state index contributed by atoms with van der Waals surface area (Å²) in [5.41, 5.74) is 5.15. The molecule has 5 nitrogen and oxygen atoms in total. The van der Waals surface area contributed by atoms with Crippen molar-refractivity contribution >= 4 is 12.2 Å². The van der Waals surface area contributed by atoms with Crippen LogP contribution in [0.2, 0.25) is 0 Å². The maximum Gasteiger partial charge on any atom is 0.199 e. The van der Waals surface area contributed by atoms with Crippen molar-refractivity contribution in [1.82, 2.24) is 19.2 Å². The zero-order valence-corrected chi connectivity index (χ0v) is 17.3. The van der Waals surface area contributed by atoms with Crippen molar-refractivity contribution in [2.75, 3.05) is 20.3 Å². The lowest BCUT2D eigenvalue weighted by Crippen LogP contribution is -2.32. The zero-order chi connectivity index (χ0) is 19.5. The SMILES string of the molecule is COCCn1c(-c2cccc(C)c2)nn(CN2CCc3ccccc3C2)c1=S. The van der Waals surface area contributed by atoms with Crippen molar-refractivity contribution in [3.05, 3.63) is 70.0 Å². The van der Waals surface area contributed by atoms with Crippen LogP contribution in [-0.2, 0) is 30.9 Å². The second kappa shape index (κ2) is 8.39. The molecule has 0 N–H and O–H groups in total. The number of hydrogen-bond acceptors (Lipinski definition) is 4. The molecule has 146 valence electrons. The van der Waals surface area contributed by atoms with Crippen LogP contribution >= 0.6 is 12.2 Å². The second-order valence-corrected chi connectivity index (χ2v) is 7.70. The summed E-state index contributed by atoms with van der Waals surface area (Å²) in [5, 5.41) is 4.90. The maximum atomic E-state index is 5.79. The zero-order valence-electron chi connectivity index (χ0n) is 16.5. The minimum atomic E-state index is 0.607. The predicted octanol–water partition coefficient (Wildman–Crippen LogP) is 4.05. The molecule has 0 unspecified atom stereocenters. The van der Waals surface area contributed by atoms with E-state index in [1.807, 2.05) is 4.68 Å². The van der Waals surface area contributed by atoms with Crippen LogP contribution in [0.3, 0.4) is 0 Å². The van der Waals surface area contributed by atoms with Gasteiger partial charge in [-0.05, 0) is 42.8 Å². The number of ether oxygens (including phenoxy) is 1. The summed E-state index contributed by atoms with van der Waals surface area (Å²) >= 11 is 5.79. The molecule has 0 aliphatic carbocycles. The van der Waals surface area contributed by atoms with Gasteiger partial charge in [-0.1, -0.05) is 48.0 Å². The molecule has 1 aliphatic rings. The van der Waals surface area contributed by atoms with Gasteiger partial charge in [0.2, 0.25) is 0 Å². The van der Waals surface area contributed by atoms with Gasteiger partial charge in [-0.15, -0.1) is 0 Å². The van der Waals surface area contributed by atoms with E-state index >= 15 is 0 Å². The number of hydrogen-bond donors (Lipinski definition) is 0. The lowest BCUT2D eigenvalue weighted by molar-refractivity contribution is 0.181. The van der Waals surface area contributed by atoms with E-state index in [-0.39, 0.29) is 0 Å². The van der Waals surface area contributed by atoms with Crippen LogP contribution in [0.25, 0.3) is 11.4 Å². The van der Waals surface area contributed by atoms with Crippen LogP contribution in [0.5, 0.6) is 0 Å². The van der Waals surface area contributed by atoms with Gasteiger partial charge in [-0.2, -0.15) is 5.10 Å². The molecular formula is C22H26N4OS. The van der Waals surface area contributed by atoms with Gasteiger partial charge in [-0.25, -0.2) is 4.68 Å². The average molecular weight is 395 g/mol. The summed E-state index contributed by atoms with van der Waals surface area (Å²) in [6.45, 7) is 6.05. The van der Waals surface area contributed by atoms with Gasteiger partial charge < -0.3 is 4.74 Å². The van der Waals surface area contributed by atoms with E-state index < -0.39 is 0 Å². The Hall–Kier alpha value is -2.28. The lowest BCUT2D eigenvalue weighted by atomic mass is 10.0. The molecule has 28 heavy (non-hydrogen) atoms. The molecule has 4 rings (SSSR count). The molecule has 0 saturated carbocycles. The fraction of sp³-hybridized carbons (Fsp3) is 0.364. The first-order valence-electron chi connectivity index (χ1n) is 9.68. The fourth-order valence-electron chi connectivity index (χ4n) is 3.78. The first-order valence-corrected chi connectivity index (χ1v) is 10.1. The first-order chi connectivity index (χ1) is 13.7. The Morgan fingerprint density at radius 1 is 1.11 bits per heavy atom. The molecule has 0 atom stereocenters. The number of aromatic nitrogens is 3. The highest BCUT2D eigenvalue weighted by molar-refractivity contribution is 7.71. The van der Waals surface area contributed by atoms with E-state index in [1.165, 1.54) is 16.7 Å². The summed E-state index contributed by atoms with van der Waals surface area (Å²) in [4.78, 5) is 2.41. The number of fused-ring (bicyclic) bond motifs is 1. The van der Waals surface area contributed by atoms with Crippen LogP contribution in [0, 0.1) is 11.7 Å². The third-order valence-corrected chi connectivity index (χ3v) is 5.69. The molecule has 0 radical (unpaired) electrons. The average Bonchev–Trinajstić information content (AvgIpc) is 3.02. The quantitative estimate of drug-likeness (QED) is 0.591. The van der Waals surface area contributed by atoms with E-state index in [9.17, 15) is 0 Å². The third kappa shape index (κ3) is 3.94. The Kier molecular flexibility index (Phi) is 5.71. The number of benzene rings is 2. The van der Waals surface area contributed by atoms with E-state index in [2.05, 4.69) is 64.9 Å². The standard InChI is InChI=1S/C22H26N4OS/c1-17-6-5-9-19(14-17)21-23-26(22(28)25(21)12-13-27-2)16-24-11-10-18-7-3-4-8-20(18)15-24/h3-9,14H,10-13,15-16H2,1-2H3. The molecule has 0 spiro atoms. The molecule has 2 heterocycles. The topological polar surface area (TPSA) is 35.2 Å². The van der Waals surface area contributed by atoms with E-state index in [0.29, 0.717) is 19.8 Å². The van der Waals surface area contributed by atoms with Crippen molar-refractivity contribution < 1.29 is 4.74 Å². The van der Waals surface area contributed by atoms with Gasteiger partial charge in [0.05, 0.1) is 19.8 Å². The Balaban J connectivity index is 1.63.